The molecular weight excluding hydrogens is 216 g/mol. The number of nitrogens with two attached hydrogens (primary N) is 1. The highest BCUT2D eigenvalue weighted by Gasteiger charge is 2.01. The van der Waals surface area contributed by atoms with Gasteiger partial charge in [-0.2, -0.15) is 4.98 Å². The Morgan fingerprint density at radius 1 is 1.53 bits per heavy atom. The van der Waals surface area contributed by atoms with Crippen LogP contribution >= 0.6 is 0 Å². The van der Waals surface area contributed by atoms with E-state index in [0.29, 0.717) is 24.7 Å². The lowest BCUT2D eigenvalue weighted by Gasteiger charge is -2.03. The van der Waals surface area contributed by atoms with E-state index in [-0.39, 0.29) is 5.75 Å². The summed E-state index contributed by atoms with van der Waals surface area (Å²) in [5, 5.41) is 2.89. The van der Waals surface area contributed by atoms with Gasteiger partial charge in [-0.25, -0.2) is 13.4 Å². The van der Waals surface area contributed by atoms with Crippen molar-refractivity contribution in [1.29, 1.82) is 0 Å². The molecule has 3 N–H and O–H groups in total. The Bertz CT molecular complexity index is 418. The summed E-state index contributed by atoms with van der Waals surface area (Å²) in [7, 11) is -2.89. The molecule has 0 spiro atoms. The molecule has 1 rings (SSSR count). The molecule has 0 fully saturated rings. The lowest BCUT2D eigenvalue weighted by Crippen LogP contribution is -2.11. The second-order valence-electron chi connectivity index (χ2n) is 3.22. The molecule has 7 heteroatoms. The number of rotatable bonds is 5. The van der Waals surface area contributed by atoms with Crippen LogP contribution < -0.4 is 11.1 Å². The summed E-state index contributed by atoms with van der Waals surface area (Å²) in [5.74, 6) is 0.960. The van der Waals surface area contributed by atoms with Crippen LogP contribution in [0.2, 0.25) is 0 Å². The molecule has 0 saturated heterocycles. The zero-order chi connectivity index (χ0) is 11.3. The first-order valence-electron chi connectivity index (χ1n) is 4.47. The molecule has 0 bridgehead atoms. The predicted molar refractivity (Wildman–Crippen MR) is 59.3 cm³/mol. The van der Waals surface area contributed by atoms with Crippen LogP contribution in [0.15, 0.2) is 12.3 Å². The normalized spacial score (nSPS) is 11.3. The summed E-state index contributed by atoms with van der Waals surface area (Å²) in [6.45, 7) is 0.510. The zero-order valence-corrected chi connectivity index (χ0v) is 9.29. The molecule has 0 atom stereocenters. The molecule has 0 unspecified atom stereocenters. The van der Waals surface area contributed by atoms with Gasteiger partial charge < -0.3 is 11.1 Å². The van der Waals surface area contributed by atoms with E-state index >= 15 is 0 Å². The summed E-state index contributed by atoms with van der Waals surface area (Å²) in [6.07, 6.45) is 3.28. The van der Waals surface area contributed by atoms with Gasteiger partial charge in [0.2, 0.25) is 5.95 Å². The van der Waals surface area contributed by atoms with Crippen LogP contribution in [0.1, 0.15) is 6.42 Å². The topological polar surface area (TPSA) is 98.0 Å². The maximum atomic E-state index is 10.8. The molecule has 1 heterocycles. The van der Waals surface area contributed by atoms with Gasteiger partial charge in [-0.3, -0.25) is 0 Å². The lowest BCUT2D eigenvalue weighted by atomic mass is 10.5. The third kappa shape index (κ3) is 5.16. The van der Waals surface area contributed by atoms with Crippen molar-refractivity contribution >= 4 is 21.6 Å². The second-order valence-corrected chi connectivity index (χ2v) is 5.48. The van der Waals surface area contributed by atoms with E-state index in [1.807, 2.05) is 0 Å². The van der Waals surface area contributed by atoms with Crippen LogP contribution in [0.3, 0.4) is 0 Å². The first-order valence-corrected chi connectivity index (χ1v) is 6.53. The minimum Gasteiger partial charge on any atom is -0.384 e. The fourth-order valence-electron chi connectivity index (χ4n) is 0.992. The summed E-state index contributed by atoms with van der Waals surface area (Å²) in [5.41, 5.74) is 5.45. The van der Waals surface area contributed by atoms with Crippen LogP contribution in [0.5, 0.6) is 0 Å². The van der Waals surface area contributed by atoms with Gasteiger partial charge in [0.25, 0.3) is 0 Å². The number of nitrogens with one attached hydrogen (secondary N) is 1. The summed E-state index contributed by atoms with van der Waals surface area (Å²) in [4.78, 5) is 7.84. The molecule has 0 saturated carbocycles. The number of sulfone groups is 1. The first kappa shape index (κ1) is 11.7. The quantitative estimate of drug-likeness (QED) is 0.686. The third-order valence-corrected chi connectivity index (χ3v) is 2.68. The summed E-state index contributed by atoms with van der Waals surface area (Å²) >= 11 is 0. The average Bonchev–Trinajstić information content (AvgIpc) is 2.11. The second kappa shape index (κ2) is 4.92. The van der Waals surface area contributed by atoms with Gasteiger partial charge in [0.05, 0.1) is 5.75 Å². The van der Waals surface area contributed by atoms with Gasteiger partial charge in [-0.15, -0.1) is 0 Å². The summed E-state index contributed by atoms with van der Waals surface area (Å²) < 4.78 is 21.6. The van der Waals surface area contributed by atoms with Crippen molar-refractivity contribution < 1.29 is 8.42 Å². The van der Waals surface area contributed by atoms with Crippen molar-refractivity contribution in [3.63, 3.8) is 0 Å². The van der Waals surface area contributed by atoms with Crippen LogP contribution in [0, 0.1) is 0 Å². The van der Waals surface area contributed by atoms with E-state index in [1.165, 1.54) is 6.26 Å². The monoisotopic (exact) mass is 230 g/mol. The molecule has 0 aliphatic rings. The van der Waals surface area contributed by atoms with E-state index in [1.54, 1.807) is 12.3 Å². The van der Waals surface area contributed by atoms with Crippen LogP contribution in [-0.4, -0.2) is 36.9 Å². The largest absolute Gasteiger partial charge is 0.384 e. The van der Waals surface area contributed by atoms with E-state index in [2.05, 4.69) is 15.3 Å². The minimum atomic E-state index is -2.89. The fraction of sp³-hybridized carbons (Fsp3) is 0.500. The Balaban J connectivity index is 2.32. The van der Waals surface area contributed by atoms with Crippen molar-refractivity contribution in [2.24, 2.45) is 0 Å². The molecule has 0 amide bonds. The SMILES string of the molecule is CS(=O)(=O)CCCNc1nccc(N)n1. The highest BCUT2D eigenvalue weighted by atomic mass is 32.2. The molecule has 1 aromatic rings. The average molecular weight is 230 g/mol. The lowest BCUT2D eigenvalue weighted by molar-refractivity contribution is 0.600. The maximum absolute atomic E-state index is 10.8. The van der Waals surface area contributed by atoms with E-state index < -0.39 is 9.84 Å². The number of anilines is 2. The Kier molecular flexibility index (Phi) is 3.84. The highest BCUT2D eigenvalue weighted by molar-refractivity contribution is 7.90. The van der Waals surface area contributed by atoms with Gasteiger partial charge in [0, 0.05) is 19.0 Å². The molecule has 1 aromatic heterocycles. The third-order valence-electron chi connectivity index (χ3n) is 1.65. The number of hydrogen-bond donors (Lipinski definition) is 2. The Morgan fingerprint density at radius 3 is 2.87 bits per heavy atom. The molecular formula is C8H14N4O2S. The molecule has 0 aromatic carbocycles. The molecule has 0 aliphatic carbocycles. The number of hydrogen-bond acceptors (Lipinski definition) is 6. The maximum Gasteiger partial charge on any atom is 0.224 e. The van der Waals surface area contributed by atoms with Crippen LogP contribution in [0.25, 0.3) is 0 Å². The van der Waals surface area contributed by atoms with Crippen LogP contribution in [0.4, 0.5) is 11.8 Å². The van der Waals surface area contributed by atoms with Crippen LogP contribution in [-0.2, 0) is 9.84 Å². The van der Waals surface area contributed by atoms with Gasteiger partial charge >= 0.3 is 0 Å². The highest BCUT2D eigenvalue weighted by Crippen LogP contribution is 2.01. The summed E-state index contributed by atoms with van der Waals surface area (Å²) in [6, 6.07) is 1.59. The van der Waals surface area contributed by atoms with Crippen molar-refractivity contribution in [1.82, 2.24) is 9.97 Å². The Morgan fingerprint density at radius 2 is 2.27 bits per heavy atom. The standard InChI is InChI=1S/C8H14N4O2S/c1-15(13,14)6-2-4-10-8-11-5-3-7(9)12-8/h3,5H,2,4,6H2,1H3,(H3,9,10,11,12). The molecule has 15 heavy (non-hydrogen) atoms. The van der Waals surface area contributed by atoms with Crippen molar-refractivity contribution in [3.05, 3.63) is 12.3 Å². The fourth-order valence-corrected chi connectivity index (χ4v) is 1.66. The smallest absolute Gasteiger partial charge is 0.224 e. The van der Waals surface area contributed by atoms with E-state index in [9.17, 15) is 8.42 Å². The molecule has 0 aliphatic heterocycles. The zero-order valence-electron chi connectivity index (χ0n) is 8.47. The predicted octanol–water partition coefficient (Wildman–Crippen LogP) is -0.0946. The number of nitrogens with zero attached hydrogens (tertiary/aromatic N) is 2. The van der Waals surface area contributed by atoms with E-state index in [0.717, 1.165) is 0 Å². The molecule has 84 valence electrons. The van der Waals surface area contributed by atoms with Gasteiger partial charge in [0.15, 0.2) is 0 Å². The van der Waals surface area contributed by atoms with E-state index in [4.69, 9.17) is 5.73 Å². The van der Waals surface area contributed by atoms with Crippen molar-refractivity contribution in [2.75, 3.05) is 29.6 Å². The molecule has 0 radical (unpaired) electrons. The number of nitrogen functional groups attached to an aromatic ring is 1. The molecule has 6 nitrogen and oxygen atoms in total. The minimum absolute atomic E-state index is 0.155. The Hall–Kier alpha value is -1.37. The number of aromatic nitrogens is 2. The van der Waals surface area contributed by atoms with Gasteiger partial charge in [-0.05, 0) is 12.5 Å². The van der Waals surface area contributed by atoms with Gasteiger partial charge in [-0.1, -0.05) is 0 Å². The van der Waals surface area contributed by atoms with Crippen molar-refractivity contribution in [2.45, 2.75) is 6.42 Å². The first-order chi connectivity index (χ1) is 6.97. The van der Waals surface area contributed by atoms with Crippen molar-refractivity contribution in [3.8, 4) is 0 Å². The van der Waals surface area contributed by atoms with Gasteiger partial charge in [0.1, 0.15) is 15.7 Å². The Labute approximate surface area is 88.8 Å².